The van der Waals surface area contributed by atoms with E-state index in [0.29, 0.717) is 0 Å². The molecule has 0 unspecified atom stereocenters. The van der Waals surface area contributed by atoms with Crippen molar-refractivity contribution in [2.75, 3.05) is 13.7 Å². The van der Waals surface area contributed by atoms with Crippen LogP contribution in [0, 0.1) is 0 Å². The van der Waals surface area contributed by atoms with E-state index in [1.165, 1.54) is 7.11 Å². The predicted octanol–water partition coefficient (Wildman–Crippen LogP) is -0.871. The highest BCUT2D eigenvalue weighted by atomic mass is 16.8. The van der Waals surface area contributed by atoms with Crippen LogP contribution in [0.4, 0.5) is 0 Å². The van der Waals surface area contributed by atoms with Crippen molar-refractivity contribution in [2.24, 2.45) is 5.73 Å². The fourth-order valence-electron chi connectivity index (χ4n) is 2.64. The monoisotopic (exact) mass is 305 g/mol. The van der Waals surface area contributed by atoms with E-state index in [1.807, 2.05) is 0 Å². The summed E-state index contributed by atoms with van der Waals surface area (Å²) in [5.41, 5.74) is 5.72. The number of aliphatic hydroxyl groups excluding tert-OH is 1. The number of hydrogen-bond donors (Lipinski definition) is 2. The molecule has 2 saturated heterocycles. The molecule has 2 rings (SSSR count). The highest BCUT2D eigenvalue weighted by Gasteiger charge is 2.58. The van der Waals surface area contributed by atoms with Crippen molar-refractivity contribution in [1.29, 1.82) is 0 Å². The number of carbonyl (C=O) groups is 1. The summed E-state index contributed by atoms with van der Waals surface area (Å²) in [6, 6.07) is -1.22. The van der Waals surface area contributed by atoms with E-state index in [2.05, 4.69) is 0 Å². The lowest BCUT2D eigenvalue weighted by Crippen LogP contribution is -2.52. The van der Waals surface area contributed by atoms with Gasteiger partial charge in [0.15, 0.2) is 12.1 Å². The molecule has 0 spiro atoms. The first kappa shape index (κ1) is 16.6. The summed E-state index contributed by atoms with van der Waals surface area (Å²) < 4.78 is 27.0. The number of ether oxygens (including phenoxy) is 5. The van der Waals surface area contributed by atoms with Crippen molar-refractivity contribution in [3.8, 4) is 0 Å². The van der Waals surface area contributed by atoms with Crippen LogP contribution in [-0.2, 0) is 28.5 Å². The van der Waals surface area contributed by atoms with E-state index >= 15 is 0 Å². The van der Waals surface area contributed by atoms with E-state index in [0.717, 1.165) is 0 Å². The van der Waals surface area contributed by atoms with Crippen LogP contribution in [0.15, 0.2) is 0 Å². The number of carbonyl (C=O) groups excluding carboxylic acids is 1. The van der Waals surface area contributed by atoms with E-state index < -0.39 is 48.5 Å². The van der Waals surface area contributed by atoms with Crippen LogP contribution in [0.25, 0.3) is 0 Å². The van der Waals surface area contributed by atoms with Crippen molar-refractivity contribution in [1.82, 2.24) is 0 Å². The summed E-state index contributed by atoms with van der Waals surface area (Å²) in [6.07, 6.45) is -3.86. The van der Waals surface area contributed by atoms with Crippen molar-refractivity contribution in [2.45, 2.75) is 63.3 Å². The van der Waals surface area contributed by atoms with E-state index in [4.69, 9.17) is 29.4 Å². The second-order valence-corrected chi connectivity index (χ2v) is 5.54. The maximum absolute atomic E-state index is 11.6. The molecule has 3 N–H and O–H groups in total. The average molecular weight is 305 g/mol. The molecular weight excluding hydrogens is 282 g/mol. The third kappa shape index (κ3) is 3.20. The van der Waals surface area contributed by atoms with Crippen LogP contribution < -0.4 is 5.73 Å². The predicted molar refractivity (Wildman–Crippen MR) is 70.1 cm³/mol. The standard InChI is InChI=1S/C13H23NO7/c1-5-18-11(16)6(14)7(15)8-9-10(12(17-4)19-8)21-13(2,3)20-9/h6-10,12,15H,5,14H2,1-4H3/t6-,7-,8+,9+,10+,12+/m0/s1. The molecule has 2 aliphatic rings. The summed E-state index contributed by atoms with van der Waals surface area (Å²) in [7, 11) is 1.47. The third-order valence-electron chi connectivity index (χ3n) is 3.54. The van der Waals surface area contributed by atoms with E-state index in [-0.39, 0.29) is 6.61 Å². The summed E-state index contributed by atoms with van der Waals surface area (Å²) in [6.45, 7) is 5.36. The zero-order valence-electron chi connectivity index (χ0n) is 12.6. The number of fused-ring (bicyclic) bond motifs is 1. The Kier molecular flexibility index (Phi) is 4.86. The number of hydrogen-bond acceptors (Lipinski definition) is 8. The molecule has 2 heterocycles. The van der Waals surface area contributed by atoms with Crippen molar-refractivity contribution in [3.63, 3.8) is 0 Å². The first-order valence-electron chi connectivity index (χ1n) is 6.95. The molecular formula is C13H23NO7. The Balaban J connectivity index is 2.10. The van der Waals surface area contributed by atoms with Crippen LogP contribution in [0.2, 0.25) is 0 Å². The molecule has 0 aromatic rings. The molecule has 0 radical (unpaired) electrons. The topological polar surface area (TPSA) is 109 Å². The largest absolute Gasteiger partial charge is 0.465 e. The molecule has 2 aliphatic heterocycles. The number of esters is 1. The molecule has 8 heteroatoms. The molecule has 6 atom stereocenters. The highest BCUT2D eigenvalue weighted by Crippen LogP contribution is 2.40. The maximum Gasteiger partial charge on any atom is 0.325 e. The van der Waals surface area contributed by atoms with Crippen molar-refractivity contribution >= 4 is 5.97 Å². The Hall–Kier alpha value is -0.770. The van der Waals surface area contributed by atoms with Gasteiger partial charge < -0.3 is 34.5 Å². The van der Waals surface area contributed by atoms with Crippen LogP contribution in [0.1, 0.15) is 20.8 Å². The first-order chi connectivity index (χ1) is 9.80. The fourth-order valence-corrected chi connectivity index (χ4v) is 2.64. The second kappa shape index (κ2) is 6.15. The molecule has 0 aliphatic carbocycles. The van der Waals surface area contributed by atoms with Gasteiger partial charge in [-0.1, -0.05) is 0 Å². The zero-order chi connectivity index (χ0) is 15.8. The minimum atomic E-state index is -1.28. The lowest BCUT2D eigenvalue weighted by molar-refractivity contribution is -0.238. The lowest BCUT2D eigenvalue weighted by atomic mass is 10.0. The lowest BCUT2D eigenvalue weighted by Gasteiger charge is -2.28. The molecule has 0 aromatic carbocycles. The van der Waals surface area contributed by atoms with Gasteiger partial charge in [0.25, 0.3) is 0 Å². The van der Waals surface area contributed by atoms with Crippen LogP contribution in [0.5, 0.6) is 0 Å². The van der Waals surface area contributed by atoms with Gasteiger partial charge in [-0.25, -0.2) is 0 Å². The molecule has 0 bridgehead atoms. The van der Waals surface area contributed by atoms with Gasteiger partial charge in [0.05, 0.1) is 6.61 Å². The summed E-state index contributed by atoms with van der Waals surface area (Å²) in [4.78, 5) is 11.6. The SMILES string of the molecule is CCOC(=O)[C@@H](N)[C@H](O)[C@H]1O[C@@H](OC)[C@@H]2OC(C)(C)O[C@H]12. The quantitative estimate of drug-likeness (QED) is 0.631. The molecule has 122 valence electrons. The Morgan fingerprint density at radius 1 is 1.38 bits per heavy atom. The number of rotatable bonds is 5. The third-order valence-corrected chi connectivity index (χ3v) is 3.54. The molecule has 2 fully saturated rings. The molecule has 0 aromatic heterocycles. The molecule has 0 saturated carbocycles. The molecule has 8 nitrogen and oxygen atoms in total. The molecule has 0 amide bonds. The van der Waals surface area contributed by atoms with E-state index in [1.54, 1.807) is 20.8 Å². The van der Waals surface area contributed by atoms with Crippen LogP contribution in [0.3, 0.4) is 0 Å². The fraction of sp³-hybridized carbons (Fsp3) is 0.923. The van der Waals surface area contributed by atoms with Gasteiger partial charge in [0.1, 0.15) is 30.5 Å². The normalized spacial score (nSPS) is 37.0. The van der Waals surface area contributed by atoms with Gasteiger partial charge in [-0.05, 0) is 20.8 Å². The Labute approximate surface area is 123 Å². The minimum absolute atomic E-state index is 0.185. The van der Waals surface area contributed by atoms with Gasteiger partial charge in [-0.2, -0.15) is 0 Å². The Morgan fingerprint density at radius 2 is 2.00 bits per heavy atom. The Morgan fingerprint density at radius 3 is 2.57 bits per heavy atom. The smallest absolute Gasteiger partial charge is 0.325 e. The maximum atomic E-state index is 11.6. The van der Waals surface area contributed by atoms with Crippen LogP contribution >= 0.6 is 0 Å². The highest BCUT2D eigenvalue weighted by molar-refractivity contribution is 5.76. The van der Waals surface area contributed by atoms with Gasteiger partial charge in [-0.15, -0.1) is 0 Å². The van der Waals surface area contributed by atoms with Crippen LogP contribution in [-0.4, -0.2) is 67.3 Å². The van der Waals surface area contributed by atoms with Crippen molar-refractivity contribution in [3.05, 3.63) is 0 Å². The average Bonchev–Trinajstić information content (AvgIpc) is 2.90. The summed E-state index contributed by atoms with van der Waals surface area (Å²) in [5.74, 6) is -1.51. The zero-order valence-corrected chi connectivity index (χ0v) is 12.6. The number of nitrogens with two attached hydrogens (primary N) is 1. The number of aliphatic hydroxyl groups is 1. The van der Waals surface area contributed by atoms with Gasteiger partial charge in [0.2, 0.25) is 0 Å². The Bertz CT molecular complexity index is 389. The summed E-state index contributed by atoms with van der Waals surface area (Å²) >= 11 is 0. The van der Waals surface area contributed by atoms with Gasteiger partial charge in [-0.3, -0.25) is 4.79 Å². The number of methoxy groups -OCH3 is 1. The summed E-state index contributed by atoms with van der Waals surface area (Å²) in [5, 5.41) is 10.3. The van der Waals surface area contributed by atoms with E-state index in [9.17, 15) is 9.90 Å². The van der Waals surface area contributed by atoms with Gasteiger partial charge >= 0.3 is 5.97 Å². The minimum Gasteiger partial charge on any atom is -0.465 e. The van der Waals surface area contributed by atoms with Crippen molar-refractivity contribution < 1.29 is 33.6 Å². The van der Waals surface area contributed by atoms with Gasteiger partial charge in [0, 0.05) is 7.11 Å². The molecule has 21 heavy (non-hydrogen) atoms. The second-order valence-electron chi connectivity index (χ2n) is 5.54. The first-order valence-corrected chi connectivity index (χ1v) is 6.95.